The fraction of sp³-hybridized carbons (Fsp3) is 0.417. The van der Waals surface area contributed by atoms with Gasteiger partial charge in [0.2, 0.25) is 0 Å². The number of Topliss-reactive ketones (excluding diaryl/α,β-unsaturated/α-hetero) is 1. The minimum Gasteiger partial charge on any atom is -0.489 e. The van der Waals surface area contributed by atoms with Gasteiger partial charge in [-0.25, -0.2) is 0 Å². The van der Waals surface area contributed by atoms with Crippen molar-refractivity contribution in [3.63, 3.8) is 0 Å². The van der Waals surface area contributed by atoms with Crippen LogP contribution < -0.4 is 4.74 Å². The molecule has 2 aromatic carbocycles. The maximum atomic E-state index is 12.7. The molecule has 1 atom stereocenters. The second-order valence-electron chi connectivity index (χ2n) is 7.64. The Kier molecular flexibility index (Phi) is 7.24. The first-order valence-corrected chi connectivity index (χ1v) is 10.2. The van der Waals surface area contributed by atoms with Crippen LogP contribution in [-0.2, 0) is 11.4 Å². The van der Waals surface area contributed by atoms with Crippen molar-refractivity contribution >= 4 is 11.8 Å². The average Bonchev–Trinajstić information content (AvgIpc) is 2.74. The molecule has 0 spiro atoms. The molecule has 0 heterocycles. The molecule has 28 heavy (non-hydrogen) atoms. The van der Waals surface area contributed by atoms with E-state index in [2.05, 4.69) is 0 Å². The fourth-order valence-electron chi connectivity index (χ4n) is 3.90. The second kappa shape index (κ2) is 10.1. The highest BCUT2D eigenvalue weighted by atomic mass is 16.5. The molecule has 0 saturated heterocycles. The number of aliphatic carboxylic acids is 1. The van der Waals surface area contributed by atoms with Gasteiger partial charge in [-0.05, 0) is 48.6 Å². The highest BCUT2D eigenvalue weighted by Gasteiger charge is 2.28. The third-order valence-electron chi connectivity index (χ3n) is 5.59. The van der Waals surface area contributed by atoms with Gasteiger partial charge < -0.3 is 9.84 Å². The topological polar surface area (TPSA) is 63.6 Å². The minimum absolute atomic E-state index is 0.307. The van der Waals surface area contributed by atoms with E-state index in [1.54, 1.807) is 24.3 Å². The molecule has 2 aromatic rings. The SMILES string of the molecule is O=C(O)C(CCC1CCCCC1)C(=O)c1ccc(OCc2ccccc2)cc1. The van der Waals surface area contributed by atoms with Gasteiger partial charge in [-0.15, -0.1) is 0 Å². The summed E-state index contributed by atoms with van der Waals surface area (Å²) in [4.78, 5) is 24.4. The van der Waals surface area contributed by atoms with Crippen molar-refractivity contribution in [2.45, 2.75) is 51.6 Å². The van der Waals surface area contributed by atoms with Crippen LogP contribution in [-0.4, -0.2) is 16.9 Å². The van der Waals surface area contributed by atoms with Crippen LogP contribution in [0.25, 0.3) is 0 Å². The molecule has 1 saturated carbocycles. The highest BCUT2D eigenvalue weighted by Crippen LogP contribution is 2.29. The summed E-state index contributed by atoms with van der Waals surface area (Å²) in [6.07, 6.45) is 7.28. The smallest absolute Gasteiger partial charge is 0.314 e. The predicted molar refractivity (Wildman–Crippen MR) is 108 cm³/mol. The van der Waals surface area contributed by atoms with Gasteiger partial charge in [0.25, 0.3) is 0 Å². The molecule has 1 N–H and O–H groups in total. The quantitative estimate of drug-likeness (QED) is 0.460. The van der Waals surface area contributed by atoms with Crippen molar-refractivity contribution < 1.29 is 19.4 Å². The Morgan fingerprint density at radius 1 is 0.964 bits per heavy atom. The van der Waals surface area contributed by atoms with E-state index in [0.717, 1.165) is 24.8 Å². The lowest BCUT2D eigenvalue weighted by Gasteiger charge is -2.22. The number of benzene rings is 2. The van der Waals surface area contributed by atoms with E-state index in [0.29, 0.717) is 30.3 Å². The molecular weight excluding hydrogens is 352 g/mol. The van der Waals surface area contributed by atoms with Crippen LogP contribution in [0.15, 0.2) is 54.6 Å². The van der Waals surface area contributed by atoms with Gasteiger partial charge in [-0.1, -0.05) is 62.4 Å². The predicted octanol–water partition coefficient (Wildman–Crippen LogP) is 5.51. The number of rotatable bonds is 9. The van der Waals surface area contributed by atoms with Crippen LogP contribution in [0.2, 0.25) is 0 Å². The third kappa shape index (κ3) is 5.69. The van der Waals surface area contributed by atoms with Gasteiger partial charge >= 0.3 is 5.97 Å². The molecule has 3 rings (SSSR count). The number of hydrogen-bond acceptors (Lipinski definition) is 3. The zero-order valence-electron chi connectivity index (χ0n) is 16.2. The first-order chi connectivity index (χ1) is 13.6. The number of carboxylic acids is 1. The van der Waals surface area contributed by atoms with E-state index in [1.165, 1.54) is 19.3 Å². The summed E-state index contributed by atoms with van der Waals surface area (Å²) < 4.78 is 5.73. The molecule has 0 aliphatic heterocycles. The maximum absolute atomic E-state index is 12.7. The maximum Gasteiger partial charge on any atom is 0.314 e. The molecule has 0 bridgehead atoms. The average molecular weight is 380 g/mol. The lowest BCUT2D eigenvalue weighted by atomic mass is 9.82. The zero-order valence-corrected chi connectivity index (χ0v) is 16.2. The van der Waals surface area contributed by atoms with Crippen LogP contribution >= 0.6 is 0 Å². The van der Waals surface area contributed by atoms with E-state index in [1.807, 2.05) is 30.3 Å². The summed E-state index contributed by atoms with van der Waals surface area (Å²) in [5, 5.41) is 9.55. The Hall–Kier alpha value is -2.62. The summed E-state index contributed by atoms with van der Waals surface area (Å²) in [5.41, 5.74) is 1.50. The largest absolute Gasteiger partial charge is 0.489 e. The molecule has 0 radical (unpaired) electrons. The van der Waals surface area contributed by atoms with Crippen molar-refractivity contribution in [1.29, 1.82) is 0 Å². The van der Waals surface area contributed by atoms with Crippen LogP contribution in [0.1, 0.15) is 60.9 Å². The van der Waals surface area contributed by atoms with Gasteiger partial charge in [-0.2, -0.15) is 0 Å². The van der Waals surface area contributed by atoms with Gasteiger partial charge in [0.05, 0.1) is 0 Å². The van der Waals surface area contributed by atoms with Crippen molar-refractivity contribution in [2.24, 2.45) is 11.8 Å². The van der Waals surface area contributed by atoms with E-state index in [4.69, 9.17) is 4.74 Å². The molecule has 1 fully saturated rings. The van der Waals surface area contributed by atoms with Gasteiger partial charge in [-0.3, -0.25) is 9.59 Å². The minimum atomic E-state index is -1.02. The number of ether oxygens (including phenoxy) is 1. The molecule has 4 heteroatoms. The molecule has 0 amide bonds. The van der Waals surface area contributed by atoms with Crippen molar-refractivity contribution in [3.05, 3.63) is 65.7 Å². The molecule has 1 unspecified atom stereocenters. The number of hydrogen-bond donors (Lipinski definition) is 1. The fourth-order valence-corrected chi connectivity index (χ4v) is 3.90. The first kappa shape index (κ1) is 20.1. The summed E-state index contributed by atoms with van der Waals surface area (Å²) in [5.74, 6) is -1.06. The Morgan fingerprint density at radius 2 is 1.64 bits per heavy atom. The lowest BCUT2D eigenvalue weighted by molar-refractivity contribution is -0.140. The van der Waals surface area contributed by atoms with E-state index in [-0.39, 0.29) is 5.78 Å². The monoisotopic (exact) mass is 380 g/mol. The summed E-state index contributed by atoms with van der Waals surface area (Å²) >= 11 is 0. The first-order valence-electron chi connectivity index (χ1n) is 10.2. The van der Waals surface area contributed by atoms with Gasteiger partial charge in [0.15, 0.2) is 5.78 Å². The number of ketones is 1. The van der Waals surface area contributed by atoms with E-state index < -0.39 is 11.9 Å². The van der Waals surface area contributed by atoms with Crippen LogP contribution in [0.4, 0.5) is 0 Å². The summed E-state index contributed by atoms with van der Waals surface area (Å²) in [6.45, 7) is 0.452. The van der Waals surface area contributed by atoms with Crippen LogP contribution in [0, 0.1) is 11.8 Å². The van der Waals surface area contributed by atoms with Crippen molar-refractivity contribution in [1.82, 2.24) is 0 Å². The molecule has 148 valence electrons. The zero-order chi connectivity index (χ0) is 19.8. The molecule has 0 aromatic heterocycles. The Bertz CT molecular complexity index is 761. The lowest BCUT2D eigenvalue weighted by Crippen LogP contribution is -2.25. The number of carbonyl (C=O) groups excluding carboxylic acids is 1. The van der Waals surface area contributed by atoms with Gasteiger partial charge in [0, 0.05) is 5.56 Å². The van der Waals surface area contributed by atoms with Gasteiger partial charge in [0.1, 0.15) is 18.3 Å². The normalized spacial score (nSPS) is 15.7. The Labute approximate surface area is 166 Å². The number of carbonyl (C=O) groups is 2. The van der Waals surface area contributed by atoms with E-state index in [9.17, 15) is 14.7 Å². The molecular formula is C24H28O4. The molecule has 4 nitrogen and oxygen atoms in total. The van der Waals surface area contributed by atoms with Crippen LogP contribution in [0.3, 0.4) is 0 Å². The highest BCUT2D eigenvalue weighted by molar-refractivity contribution is 6.08. The summed E-state index contributed by atoms with van der Waals surface area (Å²) in [7, 11) is 0. The van der Waals surface area contributed by atoms with Crippen molar-refractivity contribution in [2.75, 3.05) is 0 Å². The summed E-state index contributed by atoms with van der Waals surface area (Å²) in [6, 6.07) is 16.6. The standard InChI is InChI=1S/C24H28O4/c25-23(22(24(26)27)16-11-18-7-3-1-4-8-18)20-12-14-21(15-13-20)28-17-19-9-5-2-6-10-19/h2,5-6,9-10,12-15,18,22H,1,3-4,7-8,11,16-17H2,(H,26,27). The van der Waals surface area contributed by atoms with Crippen molar-refractivity contribution in [3.8, 4) is 5.75 Å². The molecule has 1 aliphatic rings. The number of carboxylic acid groups (broad SMARTS) is 1. The van der Waals surface area contributed by atoms with E-state index >= 15 is 0 Å². The van der Waals surface area contributed by atoms with Crippen LogP contribution in [0.5, 0.6) is 5.75 Å². The Morgan fingerprint density at radius 3 is 2.29 bits per heavy atom. The third-order valence-corrected chi connectivity index (χ3v) is 5.59. The molecule has 1 aliphatic carbocycles. The Balaban J connectivity index is 1.57. The second-order valence-corrected chi connectivity index (χ2v) is 7.64.